The molecule has 0 amide bonds. The molecule has 1 aromatic carbocycles. The number of hydrogen-bond acceptors (Lipinski definition) is 5. The Morgan fingerprint density at radius 1 is 1.39 bits per heavy atom. The molecule has 3 rings (SSSR count). The second kappa shape index (κ2) is 9.70. The van der Waals surface area contributed by atoms with Gasteiger partial charge in [0.05, 0.1) is 11.2 Å². The number of nitrogens with zero attached hydrogens (tertiary/aromatic N) is 3. The van der Waals surface area contributed by atoms with Crippen molar-refractivity contribution in [3.05, 3.63) is 46.2 Å². The molecule has 1 aromatic heterocycles. The van der Waals surface area contributed by atoms with E-state index in [-0.39, 0.29) is 28.1 Å². The van der Waals surface area contributed by atoms with Gasteiger partial charge in [0.1, 0.15) is 11.9 Å². The van der Waals surface area contributed by atoms with Crippen molar-refractivity contribution in [1.29, 1.82) is 5.26 Å². The van der Waals surface area contributed by atoms with Gasteiger partial charge >= 0.3 is 0 Å². The van der Waals surface area contributed by atoms with Crippen LogP contribution in [0.5, 0.6) is 0 Å². The van der Waals surface area contributed by atoms with Gasteiger partial charge in [-0.25, -0.2) is 14.8 Å². The molecule has 1 heterocycles. The Morgan fingerprint density at radius 2 is 2.18 bits per heavy atom. The van der Waals surface area contributed by atoms with Crippen LogP contribution in [-0.4, -0.2) is 11.2 Å². The van der Waals surface area contributed by atoms with Gasteiger partial charge < -0.3 is 4.42 Å². The summed E-state index contributed by atoms with van der Waals surface area (Å²) in [6.07, 6.45) is 9.45. The van der Waals surface area contributed by atoms with Gasteiger partial charge in [-0.3, -0.25) is 0 Å². The first kappa shape index (κ1) is 20.3. The van der Waals surface area contributed by atoms with Crippen LogP contribution in [0, 0.1) is 23.1 Å². The molecular weight excluding hydrogens is 379 g/mol. The molecule has 7 heteroatoms. The lowest BCUT2D eigenvalue weighted by atomic mass is 9.80. The SMILES string of the molecule is CCCCC1CCC(c2nc(C#N)c(N/N=C\c3c(F)cccc3Cl)o2)CC1. The molecular formula is C21H24ClFN4O. The zero-order valence-corrected chi connectivity index (χ0v) is 16.7. The molecule has 1 fully saturated rings. The van der Waals surface area contributed by atoms with Crippen molar-refractivity contribution in [3.63, 3.8) is 0 Å². The van der Waals surface area contributed by atoms with E-state index in [1.807, 2.05) is 6.07 Å². The average Bonchev–Trinajstić information content (AvgIpc) is 3.12. The largest absolute Gasteiger partial charge is 0.422 e. The first-order valence-corrected chi connectivity index (χ1v) is 10.1. The maximum Gasteiger partial charge on any atom is 0.252 e. The lowest BCUT2D eigenvalue weighted by Crippen LogP contribution is -2.13. The van der Waals surface area contributed by atoms with Crippen molar-refractivity contribution < 1.29 is 8.81 Å². The van der Waals surface area contributed by atoms with E-state index in [9.17, 15) is 9.65 Å². The third-order valence-electron chi connectivity index (χ3n) is 5.27. The molecule has 0 atom stereocenters. The van der Waals surface area contributed by atoms with Crippen molar-refractivity contribution in [1.82, 2.24) is 4.98 Å². The summed E-state index contributed by atoms with van der Waals surface area (Å²) in [5, 5.41) is 13.5. The van der Waals surface area contributed by atoms with E-state index in [2.05, 4.69) is 22.4 Å². The first-order valence-electron chi connectivity index (χ1n) is 9.76. The van der Waals surface area contributed by atoms with Crippen LogP contribution < -0.4 is 5.43 Å². The van der Waals surface area contributed by atoms with Crippen molar-refractivity contribution >= 4 is 23.7 Å². The van der Waals surface area contributed by atoms with E-state index in [0.29, 0.717) is 5.89 Å². The molecule has 1 aliphatic carbocycles. The van der Waals surface area contributed by atoms with Crippen molar-refractivity contribution in [3.8, 4) is 6.07 Å². The molecule has 1 N–H and O–H groups in total. The normalized spacial score (nSPS) is 19.6. The maximum atomic E-state index is 13.8. The zero-order valence-electron chi connectivity index (χ0n) is 15.9. The molecule has 0 unspecified atom stereocenters. The smallest absolute Gasteiger partial charge is 0.252 e. The van der Waals surface area contributed by atoms with Gasteiger partial charge in [-0.05, 0) is 43.7 Å². The number of oxazole rings is 1. The van der Waals surface area contributed by atoms with Crippen LogP contribution in [0.25, 0.3) is 0 Å². The number of hydrazone groups is 1. The average molecular weight is 403 g/mol. The quantitative estimate of drug-likeness (QED) is 0.438. The Morgan fingerprint density at radius 3 is 2.86 bits per heavy atom. The predicted molar refractivity (Wildman–Crippen MR) is 108 cm³/mol. The standard InChI is InChI=1S/C21H24ClFN4O/c1-2-3-5-14-8-10-15(11-9-14)20-26-19(12-24)21(28-20)27-25-13-16-17(22)6-4-7-18(16)23/h4,6-7,13-15,27H,2-3,5,8-11H2,1H3/b25-13-. The van der Waals surface area contributed by atoms with Gasteiger partial charge in [-0.2, -0.15) is 10.4 Å². The number of hydrogen-bond donors (Lipinski definition) is 1. The van der Waals surface area contributed by atoms with Crippen molar-refractivity contribution in [2.24, 2.45) is 11.0 Å². The molecule has 0 radical (unpaired) electrons. The van der Waals surface area contributed by atoms with Gasteiger partial charge in [-0.15, -0.1) is 0 Å². The molecule has 0 saturated heterocycles. The molecule has 28 heavy (non-hydrogen) atoms. The van der Waals surface area contributed by atoms with E-state index in [4.69, 9.17) is 16.0 Å². The van der Waals surface area contributed by atoms with Crippen LogP contribution in [-0.2, 0) is 0 Å². The summed E-state index contributed by atoms with van der Waals surface area (Å²) < 4.78 is 19.6. The van der Waals surface area contributed by atoms with Crippen molar-refractivity contribution in [2.45, 2.75) is 57.8 Å². The van der Waals surface area contributed by atoms with Crippen molar-refractivity contribution in [2.75, 3.05) is 5.43 Å². The number of nitriles is 1. The highest BCUT2D eigenvalue weighted by atomic mass is 35.5. The number of unbranched alkanes of at least 4 members (excludes halogenated alkanes) is 1. The van der Waals surface area contributed by atoms with Crippen LogP contribution >= 0.6 is 11.6 Å². The molecule has 5 nitrogen and oxygen atoms in total. The molecule has 148 valence electrons. The number of rotatable bonds is 7. The molecule has 0 spiro atoms. The monoisotopic (exact) mass is 402 g/mol. The molecule has 2 aromatic rings. The van der Waals surface area contributed by atoms with E-state index in [1.165, 1.54) is 50.5 Å². The van der Waals surface area contributed by atoms with Gasteiger partial charge in [0.2, 0.25) is 11.6 Å². The fourth-order valence-electron chi connectivity index (χ4n) is 3.64. The number of halogens is 2. The van der Waals surface area contributed by atoms with Crippen LogP contribution in [0.3, 0.4) is 0 Å². The van der Waals surface area contributed by atoms with Crippen LogP contribution in [0.2, 0.25) is 5.02 Å². The van der Waals surface area contributed by atoms with Gasteiger partial charge in [-0.1, -0.05) is 43.9 Å². The lowest BCUT2D eigenvalue weighted by molar-refractivity contribution is 0.278. The second-order valence-electron chi connectivity index (χ2n) is 7.21. The van der Waals surface area contributed by atoms with E-state index < -0.39 is 5.82 Å². The van der Waals surface area contributed by atoms with Gasteiger partial charge in [0, 0.05) is 11.5 Å². The van der Waals surface area contributed by atoms with Gasteiger partial charge in [0.15, 0.2) is 0 Å². The summed E-state index contributed by atoms with van der Waals surface area (Å²) >= 11 is 5.97. The topological polar surface area (TPSA) is 74.2 Å². The molecule has 0 bridgehead atoms. The first-order chi connectivity index (χ1) is 13.6. The Labute approximate surface area is 169 Å². The maximum absolute atomic E-state index is 13.8. The number of anilines is 1. The molecule has 1 saturated carbocycles. The van der Waals surface area contributed by atoms with E-state index in [0.717, 1.165) is 18.8 Å². The molecule has 0 aliphatic heterocycles. The number of nitrogens with one attached hydrogen (secondary N) is 1. The fraction of sp³-hybridized carbons (Fsp3) is 0.476. The Hall–Kier alpha value is -2.39. The lowest BCUT2D eigenvalue weighted by Gasteiger charge is -2.26. The Bertz CT molecular complexity index is 846. The minimum atomic E-state index is -0.475. The highest BCUT2D eigenvalue weighted by Crippen LogP contribution is 2.38. The fourth-order valence-corrected chi connectivity index (χ4v) is 3.86. The summed E-state index contributed by atoms with van der Waals surface area (Å²) in [5.41, 5.74) is 2.98. The minimum absolute atomic E-state index is 0.153. The second-order valence-corrected chi connectivity index (χ2v) is 7.61. The highest BCUT2D eigenvalue weighted by molar-refractivity contribution is 6.33. The van der Waals surface area contributed by atoms with Crippen LogP contribution in [0.1, 0.15) is 74.9 Å². The number of aromatic nitrogens is 1. The third-order valence-corrected chi connectivity index (χ3v) is 5.60. The summed E-state index contributed by atoms with van der Waals surface area (Å²) in [7, 11) is 0. The van der Waals surface area contributed by atoms with E-state index in [1.54, 1.807) is 6.07 Å². The minimum Gasteiger partial charge on any atom is -0.422 e. The van der Waals surface area contributed by atoms with Crippen LogP contribution in [0.15, 0.2) is 27.7 Å². The summed E-state index contributed by atoms with van der Waals surface area (Å²) in [6.45, 7) is 2.22. The molecule has 1 aliphatic rings. The summed E-state index contributed by atoms with van der Waals surface area (Å²) in [6, 6.07) is 6.43. The summed E-state index contributed by atoms with van der Waals surface area (Å²) in [4.78, 5) is 4.34. The third kappa shape index (κ3) is 4.90. The Balaban J connectivity index is 1.65. The Kier molecular flexibility index (Phi) is 7.05. The highest BCUT2D eigenvalue weighted by Gasteiger charge is 2.27. The summed E-state index contributed by atoms with van der Waals surface area (Å²) in [5.74, 6) is 1.29. The van der Waals surface area contributed by atoms with E-state index >= 15 is 0 Å². The zero-order chi connectivity index (χ0) is 19.9. The number of benzene rings is 1. The van der Waals surface area contributed by atoms with Crippen LogP contribution in [0.4, 0.5) is 10.3 Å². The van der Waals surface area contributed by atoms with Gasteiger partial charge in [0.25, 0.3) is 5.88 Å². The predicted octanol–water partition coefficient (Wildman–Crippen LogP) is 6.25.